The second-order valence-electron chi connectivity index (χ2n) is 30.5. The second-order valence-corrected chi connectivity index (χ2v) is 33.2. The van der Waals surface area contributed by atoms with E-state index in [4.69, 9.17) is 29.9 Å². The minimum absolute atomic E-state index is 0.581. The molecule has 0 N–H and O–H groups in total. The van der Waals surface area contributed by atoms with E-state index in [1.165, 1.54) is 73.6 Å². The van der Waals surface area contributed by atoms with Crippen molar-refractivity contribution >= 4 is 130 Å². The molecule has 0 aliphatic carbocycles. The van der Waals surface area contributed by atoms with E-state index in [-0.39, 0.29) is 0 Å². The third kappa shape index (κ3) is 13.8. The monoisotopic (exact) mass is 1670 g/mol. The van der Waals surface area contributed by atoms with E-state index in [2.05, 4.69) is 302 Å². The van der Waals surface area contributed by atoms with E-state index in [0.717, 1.165) is 129 Å². The molecule has 18 heteroatoms. The molecule has 126 heavy (non-hydrogen) atoms. The molecule has 0 radical (unpaired) electrons. The van der Waals surface area contributed by atoms with Crippen molar-refractivity contribution in [2.75, 3.05) is 0 Å². The molecule has 0 fully saturated rings. The standard InChI is InChI=1S/C41H26N4S.C34H21N5S.C33H20N6S/c1-2-7-38-35(6-1)40-39(13-12-31-18-23-46-41(31)40)45(38)34-5-3-4-32(24-34)37-26-33(25-36(44-37)30-16-21-43-22-17-30)28-10-8-27(9-11-28)29-14-19-42-20-15-29;1-2-4-29-27(3-1)32-30(10-9-25-15-20-40-33(25)32)39(29)31-21-28(37-34(38-31)26-13-18-36-19-14-26)24-7-5-22(6-8-24)23-11-16-35-17-12-23;1-2-4-27-26(3-1)29-28(10-9-23-15-20-40-30(23)29)39(27)33-37-31(36-32(38-33)25-13-18-35-19-14-25)24-7-5-21(6-8-24)22-11-16-34-17-12-22/h1-26H;1-21H;1-20H. The number of nitrogens with zero attached hydrogens (tertiary/aromatic N) is 15. The molecule has 0 atom stereocenters. The fraction of sp³-hybridized carbons (Fsp3) is 0. The molecular weight excluding hydrogens is 1600 g/mol. The maximum atomic E-state index is 5.20. The number of pyridine rings is 7. The van der Waals surface area contributed by atoms with Crippen LogP contribution in [0.15, 0.2) is 406 Å². The van der Waals surface area contributed by atoms with E-state index >= 15 is 0 Å². The smallest absolute Gasteiger partial charge is 0.238 e. The summed E-state index contributed by atoms with van der Waals surface area (Å²) in [5.74, 6) is 3.29. The number of hydrogen-bond acceptors (Lipinski definition) is 15. The summed E-state index contributed by atoms with van der Waals surface area (Å²) in [5.41, 5.74) is 25.5. The zero-order valence-electron chi connectivity index (χ0n) is 67.1. The summed E-state index contributed by atoms with van der Waals surface area (Å²) in [4.78, 5) is 55.4. The normalized spacial score (nSPS) is 11.5. The molecule has 0 amide bonds. The lowest BCUT2D eigenvalue weighted by atomic mass is 9.98. The topological polar surface area (TPSA) is 169 Å². The molecule has 0 saturated carbocycles. The fourth-order valence-corrected chi connectivity index (χ4v) is 20.0. The Hall–Kier alpha value is -16.4. The first-order chi connectivity index (χ1) is 62.5. The van der Waals surface area contributed by atoms with Gasteiger partial charge in [-0.3, -0.25) is 39.0 Å². The zero-order chi connectivity index (χ0) is 83.4. The van der Waals surface area contributed by atoms with Crippen LogP contribution >= 0.6 is 34.0 Å². The van der Waals surface area contributed by atoms with E-state index in [0.29, 0.717) is 23.4 Å². The highest BCUT2D eigenvalue weighted by Gasteiger charge is 2.24. The lowest BCUT2D eigenvalue weighted by Gasteiger charge is -2.13. The van der Waals surface area contributed by atoms with Gasteiger partial charge in [-0.05, 0) is 228 Å². The van der Waals surface area contributed by atoms with Crippen LogP contribution in [0.25, 0.3) is 226 Å². The van der Waals surface area contributed by atoms with Gasteiger partial charge in [-0.15, -0.1) is 34.0 Å². The first kappa shape index (κ1) is 74.7. The highest BCUT2D eigenvalue weighted by molar-refractivity contribution is 7.19. The Bertz CT molecular complexity index is 8060. The van der Waals surface area contributed by atoms with Crippen LogP contribution < -0.4 is 0 Å². The molecule has 10 aromatic carbocycles. The van der Waals surface area contributed by atoms with Crippen LogP contribution in [0.2, 0.25) is 0 Å². The summed E-state index contributed by atoms with van der Waals surface area (Å²) in [6, 6.07) is 110. The van der Waals surface area contributed by atoms with Gasteiger partial charge in [0.1, 0.15) is 5.82 Å². The van der Waals surface area contributed by atoms with Crippen LogP contribution in [0.5, 0.6) is 0 Å². The lowest BCUT2D eigenvalue weighted by molar-refractivity contribution is 0.953. The highest BCUT2D eigenvalue weighted by Crippen LogP contribution is 2.45. The predicted octanol–water partition coefficient (Wildman–Crippen LogP) is 27.4. The predicted molar refractivity (Wildman–Crippen MR) is 516 cm³/mol. The Morgan fingerprint density at radius 2 is 0.532 bits per heavy atom. The van der Waals surface area contributed by atoms with Crippen molar-refractivity contribution < 1.29 is 0 Å². The Labute approximate surface area is 733 Å². The number of fused-ring (bicyclic) bond motifs is 15. The number of benzene rings is 10. The second kappa shape index (κ2) is 32.2. The number of thiophene rings is 3. The molecule has 15 heterocycles. The van der Waals surface area contributed by atoms with E-state index < -0.39 is 0 Å². The summed E-state index contributed by atoms with van der Waals surface area (Å²) >= 11 is 5.35. The average molecular weight is 1670 g/mol. The molecular formula is C108H67N15S3. The van der Waals surface area contributed by atoms with Gasteiger partial charge in [-0.1, -0.05) is 158 Å². The highest BCUT2D eigenvalue weighted by atomic mass is 32.1. The van der Waals surface area contributed by atoms with E-state index in [9.17, 15) is 0 Å². The quantitative estimate of drug-likeness (QED) is 0.107. The van der Waals surface area contributed by atoms with Crippen molar-refractivity contribution in [1.29, 1.82) is 0 Å². The molecule has 0 saturated heterocycles. The van der Waals surface area contributed by atoms with Gasteiger partial charge in [-0.2, -0.15) is 9.97 Å². The number of rotatable bonds is 13. The van der Waals surface area contributed by atoms with Crippen LogP contribution in [-0.4, -0.2) is 73.5 Å². The first-order valence-electron chi connectivity index (χ1n) is 41.2. The first-order valence-corrected chi connectivity index (χ1v) is 43.8. The van der Waals surface area contributed by atoms with E-state index in [1.807, 2.05) is 121 Å². The maximum Gasteiger partial charge on any atom is 0.238 e. The third-order valence-electron chi connectivity index (χ3n) is 23.2. The fourth-order valence-electron chi connectivity index (χ4n) is 17.2. The molecule has 15 nitrogen and oxygen atoms in total. The summed E-state index contributed by atoms with van der Waals surface area (Å²) in [6.45, 7) is 0. The van der Waals surface area contributed by atoms with Gasteiger partial charge in [0.25, 0.3) is 0 Å². The maximum absolute atomic E-state index is 5.20. The summed E-state index contributed by atoms with van der Waals surface area (Å²) in [5, 5.41) is 17.7. The van der Waals surface area contributed by atoms with E-state index in [1.54, 1.807) is 59.9 Å². The average Bonchev–Trinajstić information content (AvgIpc) is 1.58. The summed E-state index contributed by atoms with van der Waals surface area (Å²) < 4.78 is 10.7. The van der Waals surface area contributed by atoms with Crippen molar-refractivity contribution in [3.63, 3.8) is 0 Å². The van der Waals surface area contributed by atoms with Gasteiger partial charge in [0, 0.05) is 166 Å². The molecule has 25 aromatic rings. The lowest BCUT2D eigenvalue weighted by Crippen LogP contribution is -2.06. The van der Waals surface area contributed by atoms with Gasteiger partial charge in [0.2, 0.25) is 5.95 Å². The Morgan fingerprint density at radius 3 is 0.992 bits per heavy atom. The van der Waals surface area contributed by atoms with Crippen LogP contribution in [0.1, 0.15) is 0 Å². The number of hydrogen-bond donors (Lipinski definition) is 0. The molecule has 0 aliphatic rings. The minimum atomic E-state index is 0.581. The van der Waals surface area contributed by atoms with Crippen LogP contribution in [-0.2, 0) is 0 Å². The molecule has 592 valence electrons. The summed E-state index contributed by atoms with van der Waals surface area (Å²) in [6.07, 6.45) is 21.6. The molecule has 25 rings (SSSR count). The van der Waals surface area contributed by atoms with Gasteiger partial charge in [-0.25, -0.2) is 19.9 Å². The van der Waals surface area contributed by atoms with Gasteiger partial charge in [0.15, 0.2) is 17.5 Å². The van der Waals surface area contributed by atoms with Crippen molar-refractivity contribution in [3.05, 3.63) is 406 Å². The SMILES string of the molecule is c1cc(-c2cc(-c3ccc(-c4ccncc4)cc3)cc(-c3ccncc3)n2)cc(-n2c3ccccc3c3c4sccc4ccc32)c1.c1ccc2c(c1)c1c3sccc3ccc1n2-c1cc(-c2ccc(-c3ccncc3)cc2)nc(-c2ccncc2)n1.c1ccc2c(c1)c1c3sccc3ccc1n2-c1nc(-c2ccncc2)nc(-c2ccc(-c3ccncc3)cc2)n1. The largest absolute Gasteiger partial charge is 0.309 e. The van der Waals surface area contributed by atoms with Gasteiger partial charge >= 0.3 is 0 Å². The zero-order valence-corrected chi connectivity index (χ0v) is 69.6. The van der Waals surface area contributed by atoms with Crippen molar-refractivity contribution in [3.8, 4) is 130 Å². The van der Waals surface area contributed by atoms with Crippen molar-refractivity contribution in [2.45, 2.75) is 0 Å². The van der Waals surface area contributed by atoms with Crippen LogP contribution in [0.4, 0.5) is 0 Å². The minimum Gasteiger partial charge on any atom is -0.309 e. The molecule has 0 unspecified atom stereocenters. The molecule has 0 aliphatic heterocycles. The molecule has 0 bridgehead atoms. The third-order valence-corrected chi connectivity index (χ3v) is 26.0. The number of aromatic nitrogens is 15. The van der Waals surface area contributed by atoms with Crippen molar-refractivity contribution in [1.82, 2.24) is 73.5 Å². The Morgan fingerprint density at radius 1 is 0.198 bits per heavy atom. The van der Waals surface area contributed by atoms with Crippen molar-refractivity contribution in [2.24, 2.45) is 0 Å². The molecule has 15 aromatic heterocycles. The molecule has 0 spiro atoms. The van der Waals surface area contributed by atoms with Gasteiger partial charge in [0.05, 0.1) is 50.2 Å². The van der Waals surface area contributed by atoms with Gasteiger partial charge < -0.3 is 4.57 Å². The van der Waals surface area contributed by atoms with Crippen LogP contribution in [0, 0.1) is 0 Å². The number of para-hydroxylation sites is 3. The Balaban J connectivity index is 0.000000109. The van der Waals surface area contributed by atoms with Crippen LogP contribution in [0.3, 0.4) is 0 Å². The Kier molecular flexibility index (Phi) is 19.1. The summed E-state index contributed by atoms with van der Waals surface area (Å²) in [7, 11) is 0.